The summed E-state index contributed by atoms with van der Waals surface area (Å²) in [5, 5.41) is 3.01. The molecule has 2 saturated carbocycles. The number of rotatable bonds is 6. The summed E-state index contributed by atoms with van der Waals surface area (Å²) in [4.78, 5) is 14.1. The van der Waals surface area contributed by atoms with Crippen LogP contribution >= 0.6 is 0 Å². The Morgan fingerprint density at radius 3 is 2.71 bits per heavy atom. The van der Waals surface area contributed by atoms with Crippen LogP contribution in [0.25, 0.3) is 0 Å². The summed E-state index contributed by atoms with van der Waals surface area (Å²) in [5.41, 5.74) is 5.96. The lowest BCUT2D eigenvalue weighted by molar-refractivity contribution is -0.122. The topological polar surface area (TPSA) is 58.4 Å². The first-order chi connectivity index (χ1) is 8.16. The van der Waals surface area contributed by atoms with Crippen molar-refractivity contribution in [2.45, 2.75) is 50.6 Å². The highest BCUT2D eigenvalue weighted by atomic mass is 16.1. The van der Waals surface area contributed by atoms with Crippen molar-refractivity contribution < 1.29 is 4.79 Å². The average molecular weight is 239 g/mol. The number of likely N-dealkylation sites (N-methyl/N-ethyl adjacent to an activating group) is 1. The van der Waals surface area contributed by atoms with E-state index in [9.17, 15) is 4.79 Å². The Balaban J connectivity index is 1.57. The third-order valence-corrected chi connectivity index (χ3v) is 4.12. The highest BCUT2D eigenvalue weighted by molar-refractivity contribution is 5.76. The second kappa shape index (κ2) is 5.83. The maximum absolute atomic E-state index is 11.7. The van der Waals surface area contributed by atoms with Gasteiger partial charge in [-0.1, -0.05) is 6.42 Å². The van der Waals surface area contributed by atoms with E-state index < -0.39 is 0 Å². The van der Waals surface area contributed by atoms with Gasteiger partial charge in [-0.3, -0.25) is 4.79 Å². The molecule has 0 saturated heterocycles. The zero-order chi connectivity index (χ0) is 12.3. The van der Waals surface area contributed by atoms with Crippen LogP contribution in [0.5, 0.6) is 0 Å². The van der Waals surface area contributed by atoms with Crippen LogP contribution in [-0.4, -0.2) is 43.0 Å². The molecule has 0 aromatic carbocycles. The van der Waals surface area contributed by atoms with Gasteiger partial charge in [-0.05, 0) is 38.6 Å². The molecule has 4 nitrogen and oxygen atoms in total. The Morgan fingerprint density at radius 1 is 1.35 bits per heavy atom. The van der Waals surface area contributed by atoms with E-state index in [-0.39, 0.29) is 11.9 Å². The van der Waals surface area contributed by atoms with Gasteiger partial charge in [0.15, 0.2) is 0 Å². The summed E-state index contributed by atoms with van der Waals surface area (Å²) in [6, 6.07) is 1.02. The maximum Gasteiger partial charge on any atom is 0.220 e. The summed E-state index contributed by atoms with van der Waals surface area (Å²) in [7, 11) is 2.14. The van der Waals surface area contributed by atoms with Crippen molar-refractivity contribution in [2.75, 3.05) is 20.1 Å². The number of hydrogen-bond acceptors (Lipinski definition) is 3. The molecule has 3 N–H and O–H groups in total. The molecule has 2 aliphatic rings. The second-order valence-electron chi connectivity index (χ2n) is 5.62. The Hall–Kier alpha value is -0.610. The Bertz CT molecular complexity index is 265. The average Bonchev–Trinajstić information content (AvgIpc) is 3.05. The molecule has 4 heteroatoms. The van der Waals surface area contributed by atoms with Crippen molar-refractivity contribution >= 4 is 5.91 Å². The maximum atomic E-state index is 11.7. The van der Waals surface area contributed by atoms with Crippen LogP contribution in [0.1, 0.15) is 38.5 Å². The van der Waals surface area contributed by atoms with Crippen molar-refractivity contribution in [1.29, 1.82) is 0 Å². The van der Waals surface area contributed by atoms with Gasteiger partial charge in [0.1, 0.15) is 0 Å². The van der Waals surface area contributed by atoms with Crippen LogP contribution in [0.4, 0.5) is 0 Å². The van der Waals surface area contributed by atoms with Crippen molar-refractivity contribution in [3.05, 3.63) is 0 Å². The normalized spacial score (nSPS) is 28.6. The second-order valence-corrected chi connectivity index (χ2v) is 5.62. The van der Waals surface area contributed by atoms with Crippen LogP contribution < -0.4 is 11.1 Å². The molecule has 0 aromatic rings. The predicted octanol–water partition coefficient (Wildman–Crippen LogP) is 0.714. The van der Waals surface area contributed by atoms with Crippen LogP contribution in [0, 0.1) is 5.92 Å². The molecule has 1 amide bonds. The van der Waals surface area contributed by atoms with E-state index in [4.69, 9.17) is 5.73 Å². The number of nitrogens with zero attached hydrogens (tertiary/aromatic N) is 1. The van der Waals surface area contributed by atoms with Gasteiger partial charge < -0.3 is 16.0 Å². The van der Waals surface area contributed by atoms with Gasteiger partial charge in [0.25, 0.3) is 0 Å². The third-order valence-electron chi connectivity index (χ3n) is 4.12. The molecule has 2 aliphatic carbocycles. The van der Waals surface area contributed by atoms with Crippen molar-refractivity contribution in [2.24, 2.45) is 11.7 Å². The molecule has 0 aromatic heterocycles. The molecule has 2 rings (SSSR count). The van der Waals surface area contributed by atoms with Gasteiger partial charge in [0.2, 0.25) is 5.91 Å². The molecule has 0 aliphatic heterocycles. The summed E-state index contributed by atoms with van der Waals surface area (Å²) in [5.74, 6) is 0.590. The number of carbonyl (C=O) groups excluding carboxylic acids is 1. The zero-order valence-electron chi connectivity index (χ0n) is 10.8. The van der Waals surface area contributed by atoms with Crippen LogP contribution in [0.2, 0.25) is 0 Å². The molecular formula is C13H25N3O. The van der Waals surface area contributed by atoms with Gasteiger partial charge in [-0.2, -0.15) is 0 Å². The summed E-state index contributed by atoms with van der Waals surface area (Å²) in [6.45, 7) is 1.74. The van der Waals surface area contributed by atoms with Gasteiger partial charge in [0.05, 0.1) is 0 Å². The quantitative estimate of drug-likeness (QED) is 0.718. The number of carbonyl (C=O) groups is 1. The number of amides is 1. The fourth-order valence-electron chi connectivity index (χ4n) is 2.70. The standard InChI is InChI=1S/C13H25N3O/c1-16(11-5-6-11)8-7-15-13(17)9-10-3-2-4-12(10)14/h10-12H,2-9,14H2,1H3,(H,15,17)/t10-,12+/m0/s1. The molecule has 0 radical (unpaired) electrons. The summed E-state index contributed by atoms with van der Waals surface area (Å²) in [6.07, 6.45) is 6.65. The van der Waals surface area contributed by atoms with E-state index in [1.54, 1.807) is 0 Å². The molecule has 0 bridgehead atoms. The SMILES string of the molecule is CN(CCNC(=O)C[C@@H]1CCC[C@H]1N)C1CC1. The van der Waals surface area contributed by atoms with Crippen molar-refractivity contribution in [3.63, 3.8) is 0 Å². The highest BCUT2D eigenvalue weighted by Gasteiger charge is 2.27. The summed E-state index contributed by atoms with van der Waals surface area (Å²) >= 11 is 0. The lowest BCUT2D eigenvalue weighted by atomic mass is 10.00. The molecule has 2 atom stereocenters. The molecule has 0 spiro atoms. The Morgan fingerprint density at radius 2 is 2.12 bits per heavy atom. The lowest BCUT2D eigenvalue weighted by Crippen LogP contribution is -2.36. The Labute approximate surface area is 104 Å². The third kappa shape index (κ3) is 3.96. The van der Waals surface area contributed by atoms with Gasteiger partial charge >= 0.3 is 0 Å². The largest absolute Gasteiger partial charge is 0.355 e. The molecule has 17 heavy (non-hydrogen) atoms. The van der Waals surface area contributed by atoms with Crippen molar-refractivity contribution in [1.82, 2.24) is 10.2 Å². The minimum atomic E-state index is 0.177. The monoisotopic (exact) mass is 239 g/mol. The van der Waals surface area contributed by atoms with Crippen LogP contribution in [-0.2, 0) is 4.79 Å². The smallest absolute Gasteiger partial charge is 0.220 e. The first kappa shape index (κ1) is 12.8. The minimum absolute atomic E-state index is 0.177. The predicted molar refractivity (Wildman–Crippen MR) is 68.6 cm³/mol. The molecule has 0 unspecified atom stereocenters. The zero-order valence-corrected chi connectivity index (χ0v) is 10.8. The molecule has 0 heterocycles. The molecular weight excluding hydrogens is 214 g/mol. The fourth-order valence-corrected chi connectivity index (χ4v) is 2.70. The summed E-state index contributed by atoms with van der Waals surface area (Å²) < 4.78 is 0. The van der Waals surface area contributed by atoms with E-state index in [0.717, 1.165) is 32.0 Å². The van der Waals surface area contributed by atoms with E-state index in [1.165, 1.54) is 19.3 Å². The minimum Gasteiger partial charge on any atom is -0.355 e. The van der Waals surface area contributed by atoms with Gasteiger partial charge in [-0.25, -0.2) is 0 Å². The first-order valence-corrected chi connectivity index (χ1v) is 6.89. The Kier molecular flexibility index (Phi) is 4.40. The van der Waals surface area contributed by atoms with E-state index in [0.29, 0.717) is 12.3 Å². The number of hydrogen-bond donors (Lipinski definition) is 2. The van der Waals surface area contributed by atoms with Gasteiger partial charge in [-0.15, -0.1) is 0 Å². The van der Waals surface area contributed by atoms with Crippen LogP contribution in [0.3, 0.4) is 0 Å². The molecule has 2 fully saturated rings. The molecule has 98 valence electrons. The first-order valence-electron chi connectivity index (χ1n) is 6.89. The highest BCUT2D eigenvalue weighted by Crippen LogP contribution is 2.26. The van der Waals surface area contributed by atoms with E-state index in [2.05, 4.69) is 17.3 Å². The number of nitrogens with one attached hydrogen (secondary N) is 1. The van der Waals surface area contributed by atoms with E-state index >= 15 is 0 Å². The lowest BCUT2D eigenvalue weighted by Gasteiger charge is -2.17. The van der Waals surface area contributed by atoms with Crippen molar-refractivity contribution in [3.8, 4) is 0 Å². The van der Waals surface area contributed by atoms with Gasteiger partial charge in [0, 0.05) is 31.6 Å². The fraction of sp³-hybridized carbons (Fsp3) is 0.923. The number of nitrogens with two attached hydrogens (primary N) is 1. The van der Waals surface area contributed by atoms with Crippen LogP contribution in [0.15, 0.2) is 0 Å². The van der Waals surface area contributed by atoms with E-state index in [1.807, 2.05) is 0 Å².